The van der Waals surface area contributed by atoms with Gasteiger partial charge in [-0.25, -0.2) is 0 Å². The molecule has 2 nitrogen and oxygen atoms in total. The Balaban J connectivity index is 1.94. The van der Waals surface area contributed by atoms with Gasteiger partial charge >= 0.3 is 145 Å². The Morgan fingerprint density at radius 1 is 1.14 bits per heavy atom. The number of fused-ring (bicyclic) bond motifs is 1. The molecular weight excluding hydrogens is 418 g/mol. The summed E-state index contributed by atoms with van der Waals surface area (Å²) < 4.78 is 3.30. The zero-order chi connectivity index (χ0) is 15.7. The van der Waals surface area contributed by atoms with Crippen LogP contribution in [0.15, 0.2) is 53.6 Å². The molecule has 0 saturated heterocycles. The van der Waals surface area contributed by atoms with Crippen molar-refractivity contribution in [1.82, 2.24) is 9.61 Å². The standard InChI is InChI=1S/C14H10ClN2S.3CH3.Sn/c15-14-9-13(8-12-6-7-16-17(12)14)18-10-11-4-2-1-3-5-11;;;;/h1-5,7-9H,10H2;3*1H3;. The molecule has 22 heavy (non-hydrogen) atoms. The van der Waals surface area contributed by atoms with Crippen molar-refractivity contribution >= 4 is 50.8 Å². The number of nitrogens with zero attached hydrogens (tertiary/aromatic N) is 2. The number of pyridine rings is 1. The van der Waals surface area contributed by atoms with Crippen molar-refractivity contribution in [3.63, 3.8) is 0 Å². The molecular formula is C17H19ClN2SSn. The van der Waals surface area contributed by atoms with E-state index < -0.39 is 18.4 Å². The summed E-state index contributed by atoms with van der Waals surface area (Å²) in [6, 6.07) is 14.8. The number of thioether (sulfide) groups is 1. The molecule has 0 aliphatic carbocycles. The molecule has 2 aromatic heterocycles. The summed E-state index contributed by atoms with van der Waals surface area (Å²) in [5.74, 6) is 0.954. The van der Waals surface area contributed by atoms with Crippen molar-refractivity contribution in [2.45, 2.75) is 25.5 Å². The molecule has 0 spiro atoms. The van der Waals surface area contributed by atoms with Crippen LogP contribution in [0.1, 0.15) is 5.56 Å². The SMILES string of the molecule is [CH3][Sn]([CH3])([CH3])[c]1cnn2c(Cl)cc(SCc3ccccc3)cc12. The second kappa shape index (κ2) is 6.46. The van der Waals surface area contributed by atoms with E-state index in [4.69, 9.17) is 11.6 Å². The van der Waals surface area contributed by atoms with Gasteiger partial charge in [0.15, 0.2) is 0 Å². The van der Waals surface area contributed by atoms with Crippen molar-refractivity contribution in [1.29, 1.82) is 0 Å². The van der Waals surface area contributed by atoms with E-state index in [0.29, 0.717) is 5.15 Å². The van der Waals surface area contributed by atoms with E-state index in [1.807, 2.05) is 34.6 Å². The van der Waals surface area contributed by atoms with Crippen molar-refractivity contribution in [3.8, 4) is 0 Å². The third-order valence-electron chi connectivity index (χ3n) is 3.61. The Hall–Kier alpha value is -0.651. The Bertz CT molecular complexity index is 794. The van der Waals surface area contributed by atoms with E-state index >= 15 is 0 Å². The molecule has 2 heterocycles. The average molecular weight is 438 g/mol. The monoisotopic (exact) mass is 438 g/mol. The van der Waals surface area contributed by atoms with Crippen molar-refractivity contribution in [2.24, 2.45) is 0 Å². The zero-order valence-corrected chi connectivity index (χ0v) is 17.4. The molecule has 0 bridgehead atoms. The van der Waals surface area contributed by atoms with E-state index in [1.54, 1.807) is 0 Å². The molecule has 0 unspecified atom stereocenters. The van der Waals surface area contributed by atoms with Crippen LogP contribution in [0.5, 0.6) is 0 Å². The molecule has 0 N–H and O–H groups in total. The summed E-state index contributed by atoms with van der Waals surface area (Å²) in [4.78, 5) is 8.43. The number of aromatic nitrogens is 2. The first-order valence-corrected chi connectivity index (χ1v) is 18.6. The summed E-state index contributed by atoms with van der Waals surface area (Å²) in [5, 5.41) is 5.16. The second-order valence-electron chi connectivity index (χ2n) is 6.39. The number of rotatable bonds is 4. The molecule has 5 heteroatoms. The van der Waals surface area contributed by atoms with Gasteiger partial charge in [-0.3, -0.25) is 0 Å². The van der Waals surface area contributed by atoms with Gasteiger partial charge in [-0.1, -0.05) is 0 Å². The van der Waals surface area contributed by atoms with E-state index in [0.717, 1.165) is 5.75 Å². The van der Waals surface area contributed by atoms with Gasteiger partial charge in [0.1, 0.15) is 0 Å². The molecule has 0 aliphatic rings. The van der Waals surface area contributed by atoms with Gasteiger partial charge in [-0.05, 0) is 0 Å². The van der Waals surface area contributed by atoms with E-state index in [2.05, 4.69) is 50.2 Å². The van der Waals surface area contributed by atoms with E-state index in [1.165, 1.54) is 19.6 Å². The Morgan fingerprint density at radius 2 is 1.86 bits per heavy atom. The predicted molar refractivity (Wildman–Crippen MR) is 99.2 cm³/mol. The second-order valence-corrected chi connectivity index (χ2v) is 22.2. The summed E-state index contributed by atoms with van der Waals surface area (Å²) in [6.45, 7) is 0. The summed E-state index contributed by atoms with van der Waals surface area (Å²) >= 11 is 6.05. The molecule has 0 aliphatic heterocycles. The molecule has 0 fully saturated rings. The molecule has 0 amide bonds. The van der Waals surface area contributed by atoms with Gasteiger partial charge in [0.2, 0.25) is 0 Å². The first-order valence-electron chi connectivity index (χ1n) is 7.29. The van der Waals surface area contributed by atoms with Crippen LogP contribution >= 0.6 is 23.4 Å². The minimum absolute atomic E-state index is 0.690. The summed E-state index contributed by atoms with van der Waals surface area (Å²) in [5.41, 5.74) is 2.51. The molecule has 0 saturated carbocycles. The Kier molecular flexibility index (Phi) is 4.76. The van der Waals surface area contributed by atoms with Crippen molar-refractivity contribution in [3.05, 3.63) is 59.4 Å². The van der Waals surface area contributed by atoms with Crippen LogP contribution in [0.25, 0.3) is 5.52 Å². The van der Waals surface area contributed by atoms with E-state index in [-0.39, 0.29) is 0 Å². The molecule has 114 valence electrons. The van der Waals surface area contributed by atoms with Crippen LogP contribution in [0.2, 0.25) is 20.0 Å². The Labute approximate surface area is 144 Å². The van der Waals surface area contributed by atoms with Gasteiger partial charge in [-0.15, -0.1) is 0 Å². The topological polar surface area (TPSA) is 17.3 Å². The first kappa shape index (κ1) is 16.2. The molecule has 3 rings (SSSR count). The van der Waals surface area contributed by atoms with Gasteiger partial charge in [0, 0.05) is 0 Å². The maximum absolute atomic E-state index is 6.42. The first-order chi connectivity index (χ1) is 10.4. The Morgan fingerprint density at radius 3 is 2.55 bits per heavy atom. The van der Waals surface area contributed by atoms with Crippen LogP contribution in [0, 0.1) is 0 Å². The van der Waals surface area contributed by atoms with Crippen LogP contribution in [0.3, 0.4) is 0 Å². The molecule has 0 radical (unpaired) electrons. The number of hydrogen-bond acceptors (Lipinski definition) is 2. The fraction of sp³-hybridized carbons (Fsp3) is 0.235. The van der Waals surface area contributed by atoms with Crippen molar-refractivity contribution < 1.29 is 0 Å². The minimum atomic E-state index is -2.19. The summed E-state index contributed by atoms with van der Waals surface area (Å²) in [6.07, 6.45) is 2.02. The maximum atomic E-state index is 6.42. The molecule has 0 atom stereocenters. The molecule has 1 aromatic carbocycles. The van der Waals surface area contributed by atoms with E-state index in [9.17, 15) is 0 Å². The van der Waals surface area contributed by atoms with Crippen molar-refractivity contribution in [2.75, 3.05) is 0 Å². The van der Waals surface area contributed by atoms with Gasteiger partial charge in [0.25, 0.3) is 0 Å². The third-order valence-corrected chi connectivity index (χ3v) is 10.6. The fourth-order valence-corrected chi connectivity index (χ4v) is 7.63. The average Bonchev–Trinajstić information content (AvgIpc) is 2.91. The van der Waals surface area contributed by atoms with Gasteiger partial charge in [0.05, 0.1) is 0 Å². The number of halogens is 1. The van der Waals surface area contributed by atoms with Crippen LogP contribution in [-0.4, -0.2) is 28.0 Å². The number of benzene rings is 1. The summed E-state index contributed by atoms with van der Waals surface area (Å²) in [7, 11) is 0. The fourth-order valence-electron chi connectivity index (χ4n) is 2.42. The quantitative estimate of drug-likeness (QED) is 0.331. The van der Waals surface area contributed by atoms with Gasteiger partial charge in [-0.2, -0.15) is 0 Å². The normalized spacial score (nSPS) is 12.0. The third kappa shape index (κ3) is 3.47. The molecule has 3 aromatic rings. The van der Waals surface area contributed by atoms with Crippen LogP contribution in [-0.2, 0) is 5.75 Å². The zero-order valence-electron chi connectivity index (χ0n) is 13.0. The van der Waals surface area contributed by atoms with Crippen LogP contribution in [0.4, 0.5) is 0 Å². The number of hydrogen-bond donors (Lipinski definition) is 0. The van der Waals surface area contributed by atoms with Crippen LogP contribution < -0.4 is 3.58 Å². The predicted octanol–water partition coefficient (Wildman–Crippen LogP) is 4.83. The van der Waals surface area contributed by atoms with Gasteiger partial charge < -0.3 is 0 Å².